The third-order valence-corrected chi connectivity index (χ3v) is 4.74. The van der Waals surface area contributed by atoms with Crippen LogP contribution < -0.4 is 5.73 Å². The van der Waals surface area contributed by atoms with Crippen molar-refractivity contribution in [3.05, 3.63) is 0 Å². The quantitative estimate of drug-likeness (QED) is 0.848. The summed E-state index contributed by atoms with van der Waals surface area (Å²) in [5, 5.41) is 0. The molecule has 2 aliphatic rings. The zero-order valence-corrected chi connectivity index (χ0v) is 13.2. The maximum atomic E-state index is 6.03. The smallest absolute Gasteiger partial charge is 0.0235 e. The lowest BCUT2D eigenvalue weighted by Gasteiger charge is -2.35. The van der Waals surface area contributed by atoms with Crippen molar-refractivity contribution in [1.82, 2.24) is 9.80 Å². The molecule has 0 saturated carbocycles. The SMILES string of the molecule is CC(C)(C)CC(CN)N1CCC(N2CCCCC2)C1. The zero-order valence-electron chi connectivity index (χ0n) is 13.2. The Morgan fingerprint density at radius 1 is 1.11 bits per heavy atom. The molecule has 3 nitrogen and oxygen atoms in total. The van der Waals surface area contributed by atoms with E-state index in [1.165, 1.54) is 58.3 Å². The minimum Gasteiger partial charge on any atom is -0.329 e. The van der Waals surface area contributed by atoms with E-state index in [-0.39, 0.29) is 0 Å². The Morgan fingerprint density at radius 2 is 1.79 bits per heavy atom. The van der Waals surface area contributed by atoms with Crippen LogP contribution in [0.3, 0.4) is 0 Å². The maximum absolute atomic E-state index is 6.03. The third-order valence-electron chi connectivity index (χ3n) is 4.74. The van der Waals surface area contributed by atoms with E-state index in [2.05, 4.69) is 30.6 Å². The monoisotopic (exact) mass is 267 g/mol. The van der Waals surface area contributed by atoms with Crippen LogP contribution in [0.2, 0.25) is 0 Å². The fraction of sp³-hybridized carbons (Fsp3) is 1.00. The molecule has 2 saturated heterocycles. The van der Waals surface area contributed by atoms with Gasteiger partial charge in [-0.2, -0.15) is 0 Å². The Labute approximate surface area is 119 Å². The molecule has 2 fully saturated rings. The molecule has 2 atom stereocenters. The van der Waals surface area contributed by atoms with Gasteiger partial charge in [-0.1, -0.05) is 27.2 Å². The number of piperidine rings is 1. The van der Waals surface area contributed by atoms with Gasteiger partial charge in [0.2, 0.25) is 0 Å². The summed E-state index contributed by atoms with van der Waals surface area (Å²) in [5.41, 5.74) is 6.41. The number of rotatable bonds is 4. The van der Waals surface area contributed by atoms with Gasteiger partial charge in [0.25, 0.3) is 0 Å². The van der Waals surface area contributed by atoms with E-state index in [4.69, 9.17) is 5.73 Å². The fourth-order valence-corrected chi connectivity index (χ4v) is 3.75. The molecule has 0 bridgehead atoms. The Kier molecular flexibility index (Phi) is 5.27. The molecular weight excluding hydrogens is 234 g/mol. The molecule has 3 heteroatoms. The minimum absolute atomic E-state index is 0.382. The highest BCUT2D eigenvalue weighted by Gasteiger charge is 2.33. The fourth-order valence-electron chi connectivity index (χ4n) is 3.75. The average Bonchev–Trinajstić information content (AvgIpc) is 2.85. The Hall–Kier alpha value is -0.120. The molecule has 0 spiro atoms. The van der Waals surface area contributed by atoms with Crippen molar-refractivity contribution in [3.8, 4) is 0 Å². The second-order valence-corrected chi connectivity index (χ2v) is 7.69. The second-order valence-electron chi connectivity index (χ2n) is 7.69. The summed E-state index contributed by atoms with van der Waals surface area (Å²) < 4.78 is 0. The van der Waals surface area contributed by atoms with Gasteiger partial charge in [-0.25, -0.2) is 0 Å². The van der Waals surface area contributed by atoms with Crippen LogP contribution >= 0.6 is 0 Å². The highest BCUT2D eigenvalue weighted by Crippen LogP contribution is 2.27. The van der Waals surface area contributed by atoms with Crippen molar-refractivity contribution in [1.29, 1.82) is 0 Å². The Balaban J connectivity index is 1.85. The lowest BCUT2D eigenvalue weighted by molar-refractivity contribution is 0.139. The van der Waals surface area contributed by atoms with Gasteiger partial charge in [-0.3, -0.25) is 9.80 Å². The molecule has 0 aliphatic carbocycles. The van der Waals surface area contributed by atoms with Crippen molar-refractivity contribution in [2.75, 3.05) is 32.7 Å². The van der Waals surface area contributed by atoms with Crippen molar-refractivity contribution < 1.29 is 0 Å². The van der Waals surface area contributed by atoms with Gasteiger partial charge in [0.1, 0.15) is 0 Å². The molecule has 2 N–H and O–H groups in total. The van der Waals surface area contributed by atoms with Crippen LogP contribution in [-0.4, -0.2) is 54.6 Å². The lowest BCUT2D eigenvalue weighted by atomic mass is 9.87. The van der Waals surface area contributed by atoms with Crippen molar-refractivity contribution in [2.45, 2.75) is 65.0 Å². The van der Waals surface area contributed by atoms with Gasteiger partial charge in [-0.15, -0.1) is 0 Å². The van der Waals surface area contributed by atoms with Crippen LogP contribution in [0.25, 0.3) is 0 Å². The van der Waals surface area contributed by atoms with E-state index in [0.29, 0.717) is 11.5 Å². The second kappa shape index (κ2) is 6.55. The predicted octanol–water partition coefficient (Wildman–Crippen LogP) is 2.31. The summed E-state index contributed by atoms with van der Waals surface area (Å²) in [6.07, 6.45) is 6.80. The topological polar surface area (TPSA) is 32.5 Å². The summed E-state index contributed by atoms with van der Waals surface area (Å²) in [4.78, 5) is 5.39. The number of nitrogens with two attached hydrogens (primary N) is 1. The summed E-state index contributed by atoms with van der Waals surface area (Å²) >= 11 is 0. The number of likely N-dealkylation sites (tertiary alicyclic amines) is 2. The van der Waals surface area contributed by atoms with Crippen LogP contribution in [0, 0.1) is 5.41 Å². The summed E-state index contributed by atoms with van der Waals surface area (Å²) in [6.45, 7) is 12.9. The first kappa shape index (κ1) is 15.3. The average molecular weight is 267 g/mol. The van der Waals surface area contributed by atoms with Gasteiger partial charge >= 0.3 is 0 Å². The van der Waals surface area contributed by atoms with Gasteiger partial charge in [0, 0.05) is 31.7 Å². The molecule has 0 radical (unpaired) electrons. The minimum atomic E-state index is 0.382. The molecule has 0 aromatic rings. The van der Waals surface area contributed by atoms with Crippen LogP contribution in [-0.2, 0) is 0 Å². The first-order chi connectivity index (χ1) is 8.99. The van der Waals surface area contributed by atoms with Gasteiger partial charge in [0.15, 0.2) is 0 Å². The van der Waals surface area contributed by atoms with E-state index in [1.54, 1.807) is 0 Å². The summed E-state index contributed by atoms with van der Waals surface area (Å²) in [7, 11) is 0. The molecular formula is C16H33N3. The van der Waals surface area contributed by atoms with Gasteiger partial charge in [-0.05, 0) is 44.2 Å². The maximum Gasteiger partial charge on any atom is 0.0235 e. The van der Waals surface area contributed by atoms with E-state index in [0.717, 1.165) is 12.6 Å². The van der Waals surface area contributed by atoms with Crippen LogP contribution in [0.15, 0.2) is 0 Å². The molecule has 19 heavy (non-hydrogen) atoms. The van der Waals surface area contributed by atoms with E-state index in [9.17, 15) is 0 Å². The largest absolute Gasteiger partial charge is 0.329 e. The standard InChI is InChI=1S/C16H33N3/c1-16(2,3)11-15(12-17)19-10-7-14(13-19)18-8-5-4-6-9-18/h14-15H,4-13,17H2,1-3H3. The van der Waals surface area contributed by atoms with Crippen LogP contribution in [0.5, 0.6) is 0 Å². The lowest BCUT2D eigenvalue weighted by Crippen LogP contribution is -2.45. The van der Waals surface area contributed by atoms with E-state index in [1.807, 2.05) is 0 Å². The summed E-state index contributed by atoms with van der Waals surface area (Å²) in [5.74, 6) is 0. The number of hydrogen-bond acceptors (Lipinski definition) is 3. The van der Waals surface area contributed by atoms with Crippen molar-refractivity contribution >= 4 is 0 Å². The first-order valence-corrected chi connectivity index (χ1v) is 8.18. The number of nitrogens with zero attached hydrogens (tertiary/aromatic N) is 2. The molecule has 2 aliphatic heterocycles. The Bertz CT molecular complexity index is 266. The number of hydrogen-bond donors (Lipinski definition) is 1. The molecule has 2 rings (SSSR count). The van der Waals surface area contributed by atoms with Crippen molar-refractivity contribution in [3.63, 3.8) is 0 Å². The zero-order chi connectivity index (χ0) is 13.9. The summed E-state index contributed by atoms with van der Waals surface area (Å²) in [6, 6.07) is 1.38. The highest BCUT2D eigenvalue weighted by atomic mass is 15.3. The van der Waals surface area contributed by atoms with E-state index < -0.39 is 0 Å². The Morgan fingerprint density at radius 3 is 2.37 bits per heavy atom. The van der Waals surface area contributed by atoms with Gasteiger partial charge < -0.3 is 5.73 Å². The van der Waals surface area contributed by atoms with Gasteiger partial charge in [0.05, 0.1) is 0 Å². The van der Waals surface area contributed by atoms with E-state index >= 15 is 0 Å². The predicted molar refractivity (Wildman–Crippen MR) is 82.3 cm³/mol. The van der Waals surface area contributed by atoms with Crippen LogP contribution in [0.4, 0.5) is 0 Å². The molecule has 2 unspecified atom stereocenters. The third kappa shape index (κ3) is 4.44. The highest BCUT2D eigenvalue weighted by molar-refractivity contribution is 4.89. The molecule has 2 heterocycles. The molecule has 0 amide bonds. The van der Waals surface area contributed by atoms with Crippen molar-refractivity contribution in [2.24, 2.45) is 11.1 Å². The molecule has 0 aromatic heterocycles. The normalized spacial score (nSPS) is 28.7. The van der Waals surface area contributed by atoms with Crippen LogP contribution in [0.1, 0.15) is 52.9 Å². The molecule has 112 valence electrons. The first-order valence-electron chi connectivity index (χ1n) is 8.18. The molecule has 0 aromatic carbocycles.